The monoisotopic (exact) mass is 419 g/mol. The van der Waals surface area contributed by atoms with Crippen LogP contribution in [0.25, 0.3) is 10.9 Å². The van der Waals surface area contributed by atoms with Crippen LogP contribution in [-0.4, -0.2) is 42.5 Å². The van der Waals surface area contributed by atoms with Gasteiger partial charge in [0.1, 0.15) is 5.56 Å². The number of esters is 1. The van der Waals surface area contributed by atoms with Crippen LogP contribution in [0.4, 0.5) is 11.4 Å². The van der Waals surface area contributed by atoms with Crippen LogP contribution in [0.15, 0.2) is 48.7 Å². The SMILES string of the molecule is CCOC(=O)c1cnc2ccc(C(=O)N(C)C)cc2c1Nc1ccc(C(C)(C)C)cc1. The number of carbonyl (C=O) groups excluding carboxylic acids is 2. The molecule has 0 spiro atoms. The number of anilines is 2. The predicted molar refractivity (Wildman–Crippen MR) is 124 cm³/mol. The van der Waals surface area contributed by atoms with E-state index < -0.39 is 5.97 Å². The molecule has 0 saturated carbocycles. The molecule has 0 saturated heterocycles. The fraction of sp³-hybridized carbons (Fsp3) is 0.320. The van der Waals surface area contributed by atoms with Crippen molar-refractivity contribution in [2.24, 2.45) is 0 Å². The van der Waals surface area contributed by atoms with Crippen molar-refractivity contribution in [3.8, 4) is 0 Å². The fourth-order valence-corrected chi connectivity index (χ4v) is 3.28. The maximum absolute atomic E-state index is 12.6. The summed E-state index contributed by atoms with van der Waals surface area (Å²) in [5.74, 6) is -0.584. The van der Waals surface area contributed by atoms with Gasteiger partial charge in [-0.25, -0.2) is 4.79 Å². The van der Waals surface area contributed by atoms with Crippen molar-refractivity contribution in [1.29, 1.82) is 0 Å². The first kappa shape index (κ1) is 22.3. The smallest absolute Gasteiger partial charge is 0.341 e. The average Bonchev–Trinajstić information content (AvgIpc) is 2.73. The molecule has 6 nitrogen and oxygen atoms in total. The van der Waals surface area contributed by atoms with Crippen LogP contribution in [0, 0.1) is 0 Å². The van der Waals surface area contributed by atoms with E-state index in [0.717, 1.165) is 5.69 Å². The summed E-state index contributed by atoms with van der Waals surface area (Å²) in [4.78, 5) is 31.1. The minimum Gasteiger partial charge on any atom is -0.462 e. The maximum atomic E-state index is 12.6. The van der Waals surface area contributed by atoms with Gasteiger partial charge in [-0.3, -0.25) is 9.78 Å². The zero-order valence-corrected chi connectivity index (χ0v) is 18.9. The molecule has 0 radical (unpaired) electrons. The Hall–Kier alpha value is -3.41. The molecule has 0 unspecified atom stereocenters. The first-order valence-electron chi connectivity index (χ1n) is 10.3. The molecular weight excluding hydrogens is 390 g/mol. The van der Waals surface area contributed by atoms with Crippen molar-refractivity contribution in [2.75, 3.05) is 26.0 Å². The number of rotatable bonds is 5. The minimum atomic E-state index is -0.463. The zero-order valence-electron chi connectivity index (χ0n) is 18.9. The molecule has 6 heteroatoms. The number of hydrogen-bond donors (Lipinski definition) is 1. The van der Waals surface area contributed by atoms with Gasteiger partial charge >= 0.3 is 5.97 Å². The lowest BCUT2D eigenvalue weighted by Crippen LogP contribution is -2.21. The second-order valence-corrected chi connectivity index (χ2v) is 8.65. The normalized spacial score (nSPS) is 11.3. The lowest BCUT2D eigenvalue weighted by Gasteiger charge is -2.20. The predicted octanol–water partition coefficient (Wildman–Crippen LogP) is 5.15. The van der Waals surface area contributed by atoms with Crippen molar-refractivity contribution in [1.82, 2.24) is 9.88 Å². The molecule has 3 aromatic rings. The van der Waals surface area contributed by atoms with E-state index in [4.69, 9.17) is 4.74 Å². The summed E-state index contributed by atoms with van der Waals surface area (Å²) >= 11 is 0. The minimum absolute atomic E-state index is 0.0411. The van der Waals surface area contributed by atoms with Crippen LogP contribution < -0.4 is 5.32 Å². The molecule has 31 heavy (non-hydrogen) atoms. The Labute approximate surface area is 183 Å². The Balaban J connectivity index is 2.14. The van der Waals surface area contributed by atoms with Gasteiger partial charge in [-0.2, -0.15) is 0 Å². The molecule has 0 aliphatic heterocycles. The van der Waals surface area contributed by atoms with Gasteiger partial charge in [0.2, 0.25) is 0 Å². The number of ether oxygens (including phenoxy) is 1. The summed E-state index contributed by atoms with van der Waals surface area (Å²) in [7, 11) is 3.41. The molecule has 2 aromatic carbocycles. The molecule has 0 aliphatic carbocycles. The second-order valence-electron chi connectivity index (χ2n) is 8.65. The molecular formula is C25H29N3O3. The maximum Gasteiger partial charge on any atom is 0.341 e. The molecule has 1 amide bonds. The molecule has 162 valence electrons. The Morgan fingerprint density at radius 2 is 1.74 bits per heavy atom. The highest BCUT2D eigenvalue weighted by Crippen LogP contribution is 2.32. The molecule has 1 heterocycles. The summed E-state index contributed by atoms with van der Waals surface area (Å²) in [6.07, 6.45) is 1.51. The summed E-state index contributed by atoms with van der Waals surface area (Å²) in [6.45, 7) is 8.50. The largest absolute Gasteiger partial charge is 0.462 e. The summed E-state index contributed by atoms with van der Waals surface area (Å²) in [5.41, 5.74) is 4.17. The van der Waals surface area contributed by atoms with Crippen molar-refractivity contribution in [3.05, 3.63) is 65.4 Å². The van der Waals surface area contributed by atoms with Gasteiger partial charge in [-0.1, -0.05) is 32.9 Å². The van der Waals surface area contributed by atoms with Gasteiger partial charge in [-0.05, 0) is 48.2 Å². The van der Waals surface area contributed by atoms with Gasteiger partial charge < -0.3 is 15.0 Å². The Morgan fingerprint density at radius 1 is 1.06 bits per heavy atom. The highest BCUT2D eigenvalue weighted by atomic mass is 16.5. The number of nitrogens with zero attached hydrogens (tertiary/aromatic N) is 2. The van der Waals surface area contributed by atoms with Crippen molar-refractivity contribution in [3.63, 3.8) is 0 Å². The Morgan fingerprint density at radius 3 is 2.32 bits per heavy atom. The van der Waals surface area contributed by atoms with Crippen LogP contribution in [0.3, 0.4) is 0 Å². The van der Waals surface area contributed by atoms with Crippen LogP contribution in [0.1, 0.15) is 54.0 Å². The lowest BCUT2D eigenvalue weighted by atomic mass is 9.87. The van der Waals surface area contributed by atoms with Gasteiger partial charge in [0.05, 0.1) is 17.8 Å². The van der Waals surface area contributed by atoms with E-state index in [9.17, 15) is 9.59 Å². The quantitative estimate of drug-likeness (QED) is 0.579. The number of nitrogens with one attached hydrogen (secondary N) is 1. The van der Waals surface area contributed by atoms with E-state index >= 15 is 0 Å². The number of hydrogen-bond acceptors (Lipinski definition) is 5. The summed E-state index contributed by atoms with van der Waals surface area (Å²) in [5, 5.41) is 4.04. The molecule has 0 bridgehead atoms. The molecule has 3 rings (SSSR count). The fourth-order valence-electron chi connectivity index (χ4n) is 3.28. The highest BCUT2D eigenvalue weighted by Gasteiger charge is 2.19. The van der Waals surface area contributed by atoms with E-state index in [1.165, 1.54) is 16.7 Å². The van der Waals surface area contributed by atoms with Crippen molar-refractivity contribution in [2.45, 2.75) is 33.1 Å². The van der Waals surface area contributed by atoms with Crippen molar-refractivity contribution >= 4 is 34.2 Å². The second kappa shape index (κ2) is 8.76. The third-order valence-electron chi connectivity index (χ3n) is 5.04. The Bertz CT molecular complexity index is 1110. The summed E-state index contributed by atoms with van der Waals surface area (Å²) < 4.78 is 5.24. The van der Waals surface area contributed by atoms with Crippen LogP contribution in [-0.2, 0) is 10.2 Å². The molecule has 1 N–H and O–H groups in total. The lowest BCUT2D eigenvalue weighted by molar-refractivity contribution is 0.0527. The first-order valence-corrected chi connectivity index (χ1v) is 10.3. The van der Waals surface area contributed by atoms with E-state index in [2.05, 4.69) is 43.2 Å². The topological polar surface area (TPSA) is 71.5 Å². The highest BCUT2D eigenvalue weighted by molar-refractivity contribution is 6.08. The molecule has 0 atom stereocenters. The number of carbonyl (C=O) groups is 2. The van der Waals surface area contributed by atoms with Crippen LogP contribution in [0.5, 0.6) is 0 Å². The summed E-state index contributed by atoms with van der Waals surface area (Å²) in [6, 6.07) is 13.4. The van der Waals surface area contributed by atoms with Gasteiger partial charge in [-0.15, -0.1) is 0 Å². The first-order chi connectivity index (χ1) is 14.6. The molecule has 0 fully saturated rings. The molecule has 1 aromatic heterocycles. The number of fused-ring (bicyclic) bond motifs is 1. The number of pyridine rings is 1. The van der Waals surface area contributed by atoms with E-state index in [1.54, 1.807) is 39.2 Å². The molecule has 0 aliphatic rings. The van der Waals surface area contributed by atoms with Gasteiger partial charge in [0, 0.05) is 36.9 Å². The van der Waals surface area contributed by atoms with Gasteiger partial charge in [0.15, 0.2) is 0 Å². The number of amides is 1. The third kappa shape index (κ3) is 4.85. The average molecular weight is 420 g/mol. The number of aromatic nitrogens is 1. The van der Waals surface area contributed by atoms with Gasteiger partial charge in [0.25, 0.3) is 5.91 Å². The van der Waals surface area contributed by atoms with Crippen LogP contribution in [0.2, 0.25) is 0 Å². The van der Waals surface area contributed by atoms with Crippen LogP contribution >= 0.6 is 0 Å². The Kier molecular flexibility index (Phi) is 6.29. The van der Waals surface area contributed by atoms with E-state index in [1.807, 2.05) is 12.1 Å². The van der Waals surface area contributed by atoms with E-state index in [-0.39, 0.29) is 17.9 Å². The van der Waals surface area contributed by atoms with Crippen molar-refractivity contribution < 1.29 is 14.3 Å². The number of benzene rings is 2. The zero-order chi connectivity index (χ0) is 22.8. The third-order valence-corrected chi connectivity index (χ3v) is 5.04. The standard InChI is InChI=1S/C25H29N3O3/c1-7-31-24(30)20-15-26-21-13-8-16(23(29)28(5)6)14-19(21)22(20)27-18-11-9-17(10-12-18)25(2,3)4/h8-15H,7H2,1-6H3,(H,26,27). The van der Waals surface area contributed by atoms with E-state index in [0.29, 0.717) is 27.7 Å².